The zero-order chi connectivity index (χ0) is 12.0. The van der Waals surface area contributed by atoms with E-state index in [0.29, 0.717) is 19.8 Å². The second-order valence-corrected chi connectivity index (χ2v) is 6.18. The molecule has 1 atom stereocenters. The van der Waals surface area contributed by atoms with Gasteiger partial charge in [0.15, 0.2) is 0 Å². The molecule has 0 spiro atoms. The number of ether oxygens (including phenoxy) is 1. The van der Waals surface area contributed by atoms with Gasteiger partial charge in [-0.15, -0.1) is 0 Å². The third-order valence-corrected chi connectivity index (χ3v) is 4.77. The van der Waals surface area contributed by atoms with Crippen molar-refractivity contribution < 1.29 is 13.2 Å². The van der Waals surface area contributed by atoms with E-state index in [9.17, 15) is 8.42 Å². The quantitative estimate of drug-likeness (QED) is 0.676. The minimum atomic E-state index is -3.12. The van der Waals surface area contributed by atoms with Crippen molar-refractivity contribution in [1.82, 2.24) is 9.62 Å². The first-order valence-electron chi connectivity index (χ1n) is 5.82. The van der Waals surface area contributed by atoms with E-state index in [1.165, 1.54) is 7.05 Å². The summed E-state index contributed by atoms with van der Waals surface area (Å²) in [7, 11) is -1.64. The van der Waals surface area contributed by atoms with Crippen molar-refractivity contribution in [3.63, 3.8) is 0 Å². The second-order valence-electron chi connectivity index (χ2n) is 4.01. The molecule has 0 saturated carbocycles. The van der Waals surface area contributed by atoms with Crippen LogP contribution in [0.1, 0.15) is 19.8 Å². The van der Waals surface area contributed by atoms with Crippen molar-refractivity contribution in [2.75, 3.05) is 39.9 Å². The van der Waals surface area contributed by atoms with Gasteiger partial charge in [0.25, 0.3) is 0 Å². The fourth-order valence-corrected chi connectivity index (χ4v) is 3.19. The Hall–Kier alpha value is -0.170. The van der Waals surface area contributed by atoms with Gasteiger partial charge in [-0.05, 0) is 33.4 Å². The Labute approximate surface area is 98.2 Å². The van der Waals surface area contributed by atoms with Gasteiger partial charge in [-0.25, -0.2) is 13.1 Å². The minimum absolute atomic E-state index is 0.270. The molecule has 5 nitrogen and oxygen atoms in total. The Morgan fingerprint density at radius 2 is 2.25 bits per heavy atom. The molecule has 16 heavy (non-hydrogen) atoms. The van der Waals surface area contributed by atoms with Crippen LogP contribution in [0.4, 0.5) is 0 Å². The summed E-state index contributed by atoms with van der Waals surface area (Å²) in [5.74, 6) is 0. The number of rotatable bonds is 6. The summed E-state index contributed by atoms with van der Waals surface area (Å²) in [6.45, 7) is 5.78. The number of piperidine rings is 1. The minimum Gasteiger partial charge on any atom is -0.380 e. The highest BCUT2D eigenvalue weighted by atomic mass is 32.2. The average Bonchev–Trinajstić information content (AvgIpc) is 2.30. The van der Waals surface area contributed by atoms with Crippen LogP contribution in [0.5, 0.6) is 0 Å². The van der Waals surface area contributed by atoms with E-state index < -0.39 is 10.0 Å². The monoisotopic (exact) mass is 250 g/mol. The van der Waals surface area contributed by atoms with Gasteiger partial charge in [0.1, 0.15) is 0 Å². The van der Waals surface area contributed by atoms with Crippen molar-refractivity contribution >= 4 is 10.0 Å². The molecular formula is C10H22N2O3S. The van der Waals surface area contributed by atoms with E-state index in [4.69, 9.17) is 4.74 Å². The molecule has 0 radical (unpaired) electrons. The molecule has 0 amide bonds. The molecule has 0 unspecified atom stereocenters. The Morgan fingerprint density at radius 3 is 2.88 bits per heavy atom. The molecule has 6 heteroatoms. The van der Waals surface area contributed by atoms with Crippen LogP contribution in [0.3, 0.4) is 0 Å². The smallest absolute Gasteiger partial charge is 0.215 e. The molecule has 1 rings (SSSR count). The highest BCUT2D eigenvalue weighted by molar-refractivity contribution is 7.90. The number of nitrogens with one attached hydrogen (secondary N) is 1. The lowest BCUT2D eigenvalue weighted by Gasteiger charge is -2.31. The van der Waals surface area contributed by atoms with E-state index in [1.807, 2.05) is 6.92 Å². The number of hydrogen-bond acceptors (Lipinski definition) is 4. The van der Waals surface area contributed by atoms with Crippen molar-refractivity contribution in [3.05, 3.63) is 0 Å². The van der Waals surface area contributed by atoms with Crippen LogP contribution < -0.4 is 4.72 Å². The van der Waals surface area contributed by atoms with E-state index in [-0.39, 0.29) is 5.25 Å². The van der Waals surface area contributed by atoms with Crippen LogP contribution in [0.2, 0.25) is 0 Å². The van der Waals surface area contributed by atoms with Crippen LogP contribution in [-0.4, -0.2) is 58.5 Å². The molecule has 1 heterocycles. The molecule has 0 aromatic heterocycles. The molecular weight excluding hydrogens is 228 g/mol. The molecule has 1 aliphatic heterocycles. The summed E-state index contributed by atoms with van der Waals surface area (Å²) in [5, 5.41) is -0.270. The third kappa shape index (κ3) is 4.01. The van der Waals surface area contributed by atoms with Gasteiger partial charge in [-0.3, -0.25) is 4.90 Å². The van der Waals surface area contributed by atoms with Gasteiger partial charge in [-0.2, -0.15) is 0 Å². The number of likely N-dealkylation sites (tertiary alicyclic amines) is 1. The normalized spacial score (nSPS) is 23.5. The first kappa shape index (κ1) is 13.9. The molecule has 1 N–H and O–H groups in total. The lowest BCUT2D eigenvalue weighted by Crippen LogP contribution is -2.46. The Balaban J connectivity index is 2.41. The van der Waals surface area contributed by atoms with Crippen LogP contribution in [0, 0.1) is 0 Å². The van der Waals surface area contributed by atoms with Gasteiger partial charge >= 0.3 is 0 Å². The summed E-state index contributed by atoms with van der Waals surface area (Å²) in [5.41, 5.74) is 0. The van der Waals surface area contributed by atoms with E-state index in [0.717, 1.165) is 25.9 Å². The fourth-order valence-electron chi connectivity index (χ4n) is 1.97. The fraction of sp³-hybridized carbons (Fsp3) is 1.00. The zero-order valence-corrected chi connectivity index (χ0v) is 10.9. The van der Waals surface area contributed by atoms with Crippen molar-refractivity contribution in [1.29, 1.82) is 0 Å². The Bertz CT molecular complexity index is 292. The van der Waals surface area contributed by atoms with Crippen molar-refractivity contribution in [2.45, 2.75) is 25.0 Å². The standard InChI is InChI=1S/C10H22N2O3S/c1-3-15-8-7-12-6-4-5-10(9-12)16(13,14)11-2/h10-11H,3-9H2,1-2H3/t10-/m1/s1. The summed E-state index contributed by atoms with van der Waals surface area (Å²) in [4.78, 5) is 2.17. The Morgan fingerprint density at radius 1 is 1.50 bits per heavy atom. The first-order chi connectivity index (χ1) is 7.60. The Kier molecular flexibility index (Phi) is 5.68. The highest BCUT2D eigenvalue weighted by Crippen LogP contribution is 2.15. The van der Waals surface area contributed by atoms with Gasteiger partial charge in [0.05, 0.1) is 11.9 Å². The van der Waals surface area contributed by atoms with Gasteiger partial charge in [0.2, 0.25) is 10.0 Å². The average molecular weight is 250 g/mol. The molecule has 1 fully saturated rings. The molecule has 0 aliphatic carbocycles. The van der Waals surface area contributed by atoms with Crippen LogP contribution >= 0.6 is 0 Å². The number of sulfonamides is 1. The summed E-state index contributed by atoms with van der Waals surface area (Å²) >= 11 is 0. The lowest BCUT2D eigenvalue weighted by molar-refractivity contribution is 0.106. The molecule has 0 bridgehead atoms. The highest BCUT2D eigenvalue weighted by Gasteiger charge is 2.29. The van der Waals surface area contributed by atoms with Gasteiger partial charge < -0.3 is 4.74 Å². The van der Waals surface area contributed by atoms with Crippen LogP contribution in [-0.2, 0) is 14.8 Å². The molecule has 0 aromatic rings. The van der Waals surface area contributed by atoms with Gasteiger partial charge in [0, 0.05) is 19.7 Å². The predicted octanol–water partition coefficient (Wildman–Crippen LogP) is 0.0365. The summed E-state index contributed by atoms with van der Waals surface area (Å²) in [6.07, 6.45) is 1.70. The lowest BCUT2D eigenvalue weighted by atomic mass is 10.1. The molecule has 96 valence electrons. The summed E-state index contributed by atoms with van der Waals surface area (Å²) in [6, 6.07) is 0. The van der Waals surface area contributed by atoms with Crippen LogP contribution in [0.25, 0.3) is 0 Å². The number of hydrogen-bond donors (Lipinski definition) is 1. The van der Waals surface area contributed by atoms with E-state index in [2.05, 4.69) is 9.62 Å². The maximum atomic E-state index is 11.7. The van der Waals surface area contributed by atoms with E-state index in [1.54, 1.807) is 0 Å². The topological polar surface area (TPSA) is 58.6 Å². The van der Waals surface area contributed by atoms with Crippen molar-refractivity contribution in [2.24, 2.45) is 0 Å². The SMILES string of the molecule is CCOCCN1CCC[C@@H](S(=O)(=O)NC)C1. The van der Waals surface area contributed by atoms with Crippen LogP contribution in [0.15, 0.2) is 0 Å². The maximum absolute atomic E-state index is 11.7. The zero-order valence-electron chi connectivity index (χ0n) is 10.1. The molecule has 1 aliphatic rings. The van der Waals surface area contributed by atoms with Crippen molar-refractivity contribution in [3.8, 4) is 0 Å². The molecule has 1 saturated heterocycles. The third-order valence-electron chi connectivity index (χ3n) is 2.94. The first-order valence-corrected chi connectivity index (χ1v) is 7.37. The second kappa shape index (κ2) is 6.54. The van der Waals surface area contributed by atoms with E-state index >= 15 is 0 Å². The molecule has 0 aromatic carbocycles. The predicted molar refractivity (Wildman–Crippen MR) is 63.9 cm³/mol. The summed E-state index contributed by atoms with van der Waals surface area (Å²) < 4.78 is 31.0. The van der Waals surface area contributed by atoms with Gasteiger partial charge in [-0.1, -0.05) is 0 Å². The largest absolute Gasteiger partial charge is 0.380 e. The number of nitrogens with zero attached hydrogens (tertiary/aromatic N) is 1. The maximum Gasteiger partial charge on any atom is 0.215 e.